The van der Waals surface area contributed by atoms with E-state index in [2.05, 4.69) is 10.3 Å². The van der Waals surface area contributed by atoms with Crippen LogP contribution in [0.5, 0.6) is 0 Å². The van der Waals surface area contributed by atoms with E-state index in [9.17, 15) is 4.79 Å². The van der Waals surface area contributed by atoms with E-state index in [0.717, 1.165) is 16.6 Å². The Labute approximate surface area is 92.9 Å². The fourth-order valence-corrected chi connectivity index (χ4v) is 1.54. The Kier molecular flexibility index (Phi) is 2.83. The molecule has 0 saturated heterocycles. The molecule has 0 aliphatic carbocycles. The van der Waals surface area contributed by atoms with Gasteiger partial charge in [0.2, 0.25) is 5.91 Å². The van der Waals surface area contributed by atoms with Gasteiger partial charge in [0.05, 0.1) is 17.8 Å². The number of nitrogens with zero attached hydrogens (tertiary/aromatic N) is 1. The second-order valence-electron chi connectivity index (χ2n) is 3.55. The minimum Gasteiger partial charge on any atom is -0.390 e. The molecule has 2 aromatic rings. The van der Waals surface area contributed by atoms with E-state index >= 15 is 0 Å². The first kappa shape index (κ1) is 10.6. The third kappa shape index (κ3) is 2.17. The van der Waals surface area contributed by atoms with Gasteiger partial charge in [-0.1, -0.05) is 6.07 Å². The third-order valence-electron chi connectivity index (χ3n) is 2.23. The first-order valence-corrected chi connectivity index (χ1v) is 4.97. The van der Waals surface area contributed by atoms with Crippen molar-refractivity contribution in [3.63, 3.8) is 0 Å². The van der Waals surface area contributed by atoms with Crippen molar-refractivity contribution in [2.45, 2.75) is 13.5 Å². The van der Waals surface area contributed by atoms with Crippen LogP contribution in [0.1, 0.15) is 12.6 Å². The number of carbonyl (C=O) groups is 1. The van der Waals surface area contributed by atoms with Crippen LogP contribution < -0.4 is 5.32 Å². The maximum Gasteiger partial charge on any atom is 0.221 e. The van der Waals surface area contributed by atoms with Crippen LogP contribution in [0.15, 0.2) is 30.3 Å². The molecule has 82 valence electrons. The summed E-state index contributed by atoms with van der Waals surface area (Å²) < 4.78 is 0. The van der Waals surface area contributed by atoms with Crippen molar-refractivity contribution >= 4 is 22.5 Å². The Morgan fingerprint density at radius 1 is 1.38 bits per heavy atom. The average Bonchev–Trinajstić information content (AvgIpc) is 2.27. The van der Waals surface area contributed by atoms with Gasteiger partial charge in [0.1, 0.15) is 0 Å². The molecular weight excluding hydrogens is 204 g/mol. The lowest BCUT2D eigenvalue weighted by molar-refractivity contribution is -0.114. The molecule has 0 aliphatic rings. The minimum atomic E-state index is -0.0979. The fraction of sp³-hybridized carbons (Fsp3) is 0.167. The van der Waals surface area contributed by atoms with E-state index < -0.39 is 0 Å². The molecule has 16 heavy (non-hydrogen) atoms. The molecular formula is C12H12N2O2. The number of fused-ring (bicyclic) bond motifs is 1. The van der Waals surface area contributed by atoms with E-state index in [1.807, 2.05) is 18.2 Å². The summed E-state index contributed by atoms with van der Waals surface area (Å²) >= 11 is 0. The summed E-state index contributed by atoms with van der Waals surface area (Å²) in [4.78, 5) is 15.1. The molecule has 0 saturated carbocycles. The molecule has 0 fully saturated rings. The van der Waals surface area contributed by atoms with Crippen molar-refractivity contribution < 1.29 is 9.90 Å². The lowest BCUT2D eigenvalue weighted by Gasteiger charge is -2.04. The molecule has 2 rings (SSSR count). The first-order chi connectivity index (χ1) is 7.69. The Balaban J connectivity index is 2.43. The second-order valence-corrected chi connectivity index (χ2v) is 3.55. The van der Waals surface area contributed by atoms with E-state index in [-0.39, 0.29) is 12.5 Å². The first-order valence-electron chi connectivity index (χ1n) is 4.97. The highest BCUT2D eigenvalue weighted by molar-refractivity contribution is 5.92. The highest BCUT2D eigenvalue weighted by Gasteiger charge is 2.00. The molecule has 1 aromatic carbocycles. The summed E-state index contributed by atoms with van der Waals surface area (Å²) in [5, 5.41) is 12.6. The number of aliphatic hydroxyl groups is 1. The normalized spacial score (nSPS) is 10.4. The van der Waals surface area contributed by atoms with Crippen LogP contribution in [0, 0.1) is 0 Å². The predicted octanol–water partition coefficient (Wildman–Crippen LogP) is 1.69. The molecule has 0 aliphatic heterocycles. The standard InChI is InChI=1S/C12H12N2O2/c1-8(16)13-10-4-5-12-9(6-10)2-3-11(7-15)14-12/h2-6,15H,7H2,1H3,(H,13,16). The Morgan fingerprint density at radius 3 is 2.88 bits per heavy atom. The molecule has 1 aromatic heterocycles. The topological polar surface area (TPSA) is 62.2 Å². The van der Waals surface area contributed by atoms with Crippen LogP contribution in [0.25, 0.3) is 10.9 Å². The molecule has 0 unspecified atom stereocenters. The van der Waals surface area contributed by atoms with Gasteiger partial charge in [0.15, 0.2) is 0 Å². The number of aromatic nitrogens is 1. The number of nitrogens with one attached hydrogen (secondary N) is 1. The van der Waals surface area contributed by atoms with E-state index in [1.54, 1.807) is 12.1 Å². The van der Waals surface area contributed by atoms with Gasteiger partial charge < -0.3 is 10.4 Å². The number of anilines is 1. The van der Waals surface area contributed by atoms with Crippen molar-refractivity contribution in [1.29, 1.82) is 0 Å². The monoisotopic (exact) mass is 216 g/mol. The average molecular weight is 216 g/mol. The molecule has 4 nitrogen and oxygen atoms in total. The predicted molar refractivity (Wildman–Crippen MR) is 62.0 cm³/mol. The van der Waals surface area contributed by atoms with Crippen LogP contribution in [-0.4, -0.2) is 16.0 Å². The molecule has 0 radical (unpaired) electrons. The van der Waals surface area contributed by atoms with Crippen LogP contribution in [0.4, 0.5) is 5.69 Å². The van der Waals surface area contributed by atoms with Gasteiger partial charge in [-0.3, -0.25) is 9.78 Å². The smallest absolute Gasteiger partial charge is 0.221 e. The fourth-order valence-electron chi connectivity index (χ4n) is 1.54. The van der Waals surface area contributed by atoms with Crippen molar-refractivity contribution in [1.82, 2.24) is 4.98 Å². The van der Waals surface area contributed by atoms with Crippen LogP contribution >= 0.6 is 0 Å². The molecule has 2 N–H and O–H groups in total. The van der Waals surface area contributed by atoms with Gasteiger partial charge in [-0.25, -0.2) is 0 Å². The van der Waals surface area contributed by atoms with Crippen LogP contribution in [0.2, 0.25) is 0 Å². The SMILES string of the molecule is CC(=O)Nc1ccc2nc(CO)ccc2c1. The molecule has 1 amide bonds. The highest BCUT2D eigenvalue weighted by Crippen LogP contribution is 2.18. The molecule has 0 bridgehead atoms. The van der Waals surface area contributed by atoms with E-state index in [1.165, 1.54) is 6.92 Å². The van der Waals surface area contributed by atoms with Crippen LogP contribution in [-0.2, 0) is 11.4 Å². The summed E-state index contributed by atoms with van der Waals surface area (Å²) in [5.74, 6) is -0.0979. The maximum absolute atomic E-state index is 10.9. The minimum absolute atomic E-state index is 0.0661. The molecule has 0 spiro atoms. The van der Waals surface area contributed by atoms with Gasteiger partial charge in [-0.05, 0) is 24.3 Å². The lowest BCUT2D eigenvalue weighted by Crippen LogP contribution is -2.05. The number of pyridine rings is 1. The van der Waals surface area contributed by atoms with Gasteiger partial charge in [0, 0.05) is 18.0 Å². The Bertz CT molecular complexity index is 538. The van der Waals surface area contributed by atoms with E-state index in [0.29, 0.717) is 5.69 Å². The van der Waals surface area contributed by atoms with Gasteiger partial charge in [-0.15, -0.1) is 0 Å². The summed E-state index contributed by atoms with van der Waals surface area (Å²) in [6.07, 6.45) is 0. The summed E-state index contributed by atoms with van der Waals surface area (Å²) in [6.45, 7) is 1.40. The largest absolute Gasteiger partial charge is 0.390 e. The zero-order valence-electron chi connectivity index (χ0n) is 8.90. The number of rotatable bonds is 2. The summed E-state index contributed by atoms with van der Waals surface area (Å²) in [6, 6.07) is 9.10. The van der Waals surface area contributed by atoms with E-state index in [4.69, 9.17) is 5.11 Å². The quantitative estimate of drug-likeness (QED) is 0.802. The summed E-state index contributed by atoms with van der Waals surface area (Å²) in [7, 11) is 0. The molecule has 4 heteroatoms. The maximum atomic E-state index is 10.9. The number of carbonyl (C=O) groups excluding carboxylic acids is 1. The number of benzene rings is 1. The Hall–Kier alpha value is -1.94. The number of amides is 1. The summed E-state index contributed by atoms with van der Waals surface area (Å²) in [5.41, 5.74) is 2.19. The zero-order chi connectivity index (χ0) is 11.5. The molecule has 1 heterocycles. The van der Waals surface area contributed by atoms with Gasteiger partial charge in [0.25, 0.3) is 0 Å². The van der Waals surface area contributed by atoms with Gasteiger partial charge >= 0.3 is 0 Å². The van der Waals surface area contributed by atoms with Crippen molar-refractivity contribution in [2.24, 2.45) is 0 Å². The third-order valence-corrected chi connectivity index (χ3v) is 2.23. The highest BCUT2D eigenvalue weighted by atomic mass is 16.3. The second kappa shape index (κ2) is 4.28. The van der Waals surface area contributed by atoms with Crippen LogP contribution in [0.3, 0.4) is 0 Å². The van der Waals surface area contributed by atoms with Crippen molar-refractivity contribution in [2.75, 3.05) is 5.32 Å². The zero-order valence-corrected chi connectivity index (χ0v) is 8.90. The number of hydrogen-bond acceptors (Lipinski definition) is 3. The molecule has 0 atom stereocenters. The number of hydrogen-bond donors (Lipinski definition) is 2. The van der Waals surface area contributed by atoms with Crippen molar-refractivity contribution in [3.8, 4) is 0 Å². The van der Waals surface area contributed by atoms with Gasteiger partial charge in [-0.2, -0.15) is 0 Å². The van der Waals surface area contributed by atoms with Crippen molar-refractivity contribution in [3.05, 3.63) is 36.0 Å². The Morgan fingerprint density at radius 2 is 2.19 bits per heavy atom. The lowest BCUT2D eigenvalue weighted by atomic mass is 10.2. The number of aliphatic hydroxyl groups excluding tert-OH is 1.